The summed E-state index contributed by atoms with van der Waals surface area (Å²) in [5.74, 6) is 1.15. The number of halogens is 1. The van der Waals surface area contributed by atoms with Crippen molar-refractivity contribution in [3.63, 3.8) is 0 Å². The Morgan fingerprint density at radius 3 is 2.65 bits per heavy atom. The van der Waals surface area contributed by atoms with Gasteiger partial charge in [0.05, 0.1) is 23.0 Å². The van der Waals surface area contributed by atoms with E-state index in [0.717, 1.165) is 21.7 Å². The van der Waals surface area contributed by atoms with Gasteiger partial charge in [-0.3, -0.25) is 4.68 Å². The van der Waals surface area contributed by atoms with Crippen LogP contribution in [0.1, 0.15) is 45.5 Å². The first kappa shape index (κ1) is 16.5. The molecule has 1 aromatic rings. The van der Waals surface area contributed by atoms with Gasteiger partial charge in [0.1, 0.15) is 0 Å². The minimum Gasteiger partial charge on any atom is -0.311 e. The summed E-state index contributed by atoms with van der Waals surface area (Å²) in [6.45, 7) is 8.93. The lowest BCUT2D eigenvalue weighted by atomic mass is 10.1. The largest absolute Gasteiger partial charge is 0.311 e. The van der Waals surface area contributed by atoms with Crippen LogP contribution >= 0.6 is 35.1 Å². The molecule has 0 amide bonds. The fourth-order valence-corrected chi connectivity index (χ4v) is 5.91. The zero-order chi connectivity index (χ0) is 14.9. The van der Waals surface area contributed by atoms with Crippen molar-refractivity contribution in [2.45, 2.75) is 55.5 Å². The Balaban J connectivity index is 2.26. The molecule has 114 valence electrons. The number of aromatic nitrogens is 2. The smallest absolute Gasteiger partial charge is 0.0834 e. The molecular formula is C14H24ClN3S2. The predicted octanol–water partition coefficient (Wildman–Crippen LogP) is 4.00. The Bertz CT molecular complexity index is 450. The molecule has 0 aromatic carbocycles. The van der Waals surface area contributed by atoms with Gasteiger partial charge in [-0.25, -0.2) is 0 Å². The SMILES string of the molecule is CNC(c1c(Cl)cnn1C(C)C)C1CSC(C)C(C)S1. The summed E-state index contributed by atoms with van der Waals surface area (Å²) in [5.41, 5.74) is 1.13. The van der Waals surface area contributed by atoms with Crippen LogP contribution in [0, 0.1) is 0 Å². The molecule has 20 heavy (non-hydrogen) atoms. The summed E-state index contributed by atoms with van der Waals surface area (Å²) in [6, 6.07) is 0.575. The maximum absolute atomic E-state index is 6.41. The van der Waals surface area contributed by atoms with Gasteiger partial charge >= 0.3 is 0 Å². The third kappa shape index (κ3) is 3.32. The van der Waals surface area contributed by atoms with E-state index in [2.05, 4.69) is 66.3 Å². The highest BCUT2D eigenvalue weighted by molar-refractivity contribution is 8.07. The molecule has 1 N–H and O–H groups in total. The zero-order valence-corrected chi connectivity index (χ0v) is 15.1. The summed E-state index contributed by atoms with van der Waals surface area (Å²) in [7, 11) is 2.02. The highest BCUT2D eigenvalue weighted by Gasteiger charge is 2.34. The van der Waals surface area contributed by atoms with Crippen molar-refractivity contribution in [1.82, 2.24) is 15.1 Å². The zero-order valence-electron chi connectivity index (χ0n) is 12.8. The van der Waals surface area contributed by atoms with Crippen LogP contribution in [-0.4, -0.2) is 38.3 Å². The van der Waals surface area contributed by atoms with Crippen molar-refractivity contribution in [3.05, 3.63) is 16.9 Å². The molecule has 1 aliphatic rings. The third-order valence-electron chi connectivity index (χ3n) is 3.83. The Morgan fingerprint density at radius 2 is 2.10 bits per heavy atom. The fraction of sp³-hybridized carbons (Fsp3) is 0.786. The number of thioether (sulfide) groups is 2. The summed E-state index contributed by atoms with van der Waals surface area (Å²) < 4.78 is 2.05. The molecule has 0 radical (unpaired) electrons. The monoisotopic (exact) mass is 333 g/mol. The molecule has 4 unspecified atom stereocenters. The number of hydrogen-bond acceptors (Lipinski definition) is 4. The molecular weight excluding hydrogens is 310 g/mol. The first-order valence-electron chi connectivity index (χ1n) is 7.13. The maximum atomic E-state index is 6.41. The van der Waals surface area contributed by atoms with Crippen LogP contribution in [0.4, 0.5) is 0 Å². The second-order valence-corrected chi connectivity index (χ2v) is 9.04. The highest BCUT2D eigenvalue weighted by Crippen LogP contribution is 2.42. The molecule has 0 spiro atoms. The molecule has 2 heterocycles. The molecule has 1 aromatic heterocycles. The molecule has 1 aliphatic heterocycles. The van der Waals surface area contributed by atoms with E-state index in [0.29, 0.717) is 16.5 Å². The lowest BCUT2D eigenvalue weighted by molar-refractivity contribution is 0.460. The average Bonchev–Trinajstić information content (AvgIpc) is 2.77. The van der Waals surface area contributed by atoms with Crippen molar-refractivity contribution in [3.8, 4) is 0 Å². The van der Waals surface area contributed by atoms with Crippen LogP contribution in [-0.2, 0) is 0 Å². The second-order valence-electron chi connectivity index (χ2n) is 5.60. The van der Waals surface area contributed by atoms with Gasteiger partial charge < -0.3 is 5.32 Å². The lowest BCUT2D eigenvalue weighted by Gasteiger charge is -2.36. The Morgan fingerprint density at radius 1 is 1.40 bits per heavy atom. The fourth-order valence-electron chi connectivity index (χ4n) is 2.53. The summed E-state index contributed by atoms with van der Waals surface area (Å²) >= 11 is 10.5. The molecule has 6 heteroatoms. The maximum Gasteiger partial charge on any atom is 0.0834 e. The number of hydrogen-bond donors (Lipinski definition) is 1. The van der Waals surface area contributed by atoms with Gasteiger partial charge in [-0.2, -0.15) is 28.6 Å². The Labute approximate surface area is 135 Å². The van der Waals surface area contributed by atoms with Crippen molar-refractivity contribution < 1.29 is 0 Å². The van der Waals surface area contributed by atoms with Crippen molar-refractivity contribution >= 4 is 35.1 Å². The highest BCUT2D eigenvalue weighted by atomic mass is 35.5. The summed E-state index contributed by atoms with van der Waals surface area (Å²) in [4.78, 5) is 0. The van der Waals surface area contributed by atoms with E-state index in [1.165, 1.54) is 0 Å². The predicted molar refractivity (Wildman–Crippen MR) is 92.2 cm³/mol. The van der Waals surface area contributed by atoms with Gasteiger partial charge in [-0.15, -0.1) is 0 Å². The second kappa shape index (κ2) is 6.95. The number of rotatable bonds is 4. The standard InChI is InChI=1S/C14H24ClN3S2/c1-8(2)18-14(11(15)6-17-18)13(16-5)12-7-19-9(3)10(4)20-12/h6,8-10,12-13,16H,7H2,1-5H3. The Kier molecular flexibility index (Phi) is 5.74. The molecule has 0 aliphatic carbocycles. The molecule has 2 rings (SSSR count). The van der Waals surface area contributed by atoms with E-state index in [9.17, 15) is 0 Å². The van der Waals surface area contributed by atoms with Crippen molar-refractivity contribution in [1.29, 1.82) is 0 Å². The lowest BCUT2D eigenvalue weighted by Crippen LogP contribution is -2.37. The van der Waals surface area contributed by atoms with Gasteiger partial charge in [0, 0.05) is 27.5 Å². The topological polar surface area (TPSA) is 29.9 Å². The Hall–Kier alpha value is 0.160. The van der Waals surface area contributed by atoms with Gasteiger partial charge in [-0.05, 0) is 20.9 Å². The van der Waals surface area contributed by atoms with E-state index in [1.807, 2.05) is 7.05 Å². The van der Waals surface area contributed by atoms with Crippen molar-refractivity contribution in [2.75, 3.05) is 12.8 Å². The van der Waals surface area contributed by atoms with E-state index in [1.54, 1.807) is 6.20 Å². The summed E-state index contributed by atoms with van der Waals surface area (Å²) in [6.07, 6.45) is 1.77. The molecule has 0 bridgehead atoms. The average molecular weight is 334 g/mol. The molecule has 3 nitrogen and oxygen atoms in total. The van der Waals surface area contributed by atoms with Gasteiger partial charge in [0.15, 0.2) is 0 Å². The van der Waals surface area contributed by atoms with E-state index < -0.39 is 0 Å². The number of nitrogens with one attached hydrogen (secondary N) is 1. The first-order valence-corrected chi connectivity index (χ1v) is 9.49. The van der Waals surface area contributed by atoms with Crippen LogP contribution in [0.5, 0.6) is 0 Å². The van der Waals surface area contributed by atoms with Gasteiger partial charge in [0.25, 0.3) is 0 Å². The summed E-state index contributed by atoms with van der Waals surface area (Å²) in [5, 5.41) is 10.6. The third-order valence-corrected chi connectivity index (χ3v) is 7.61. The van der Waals surface area contributed by atoms with Crippen LogP contribution in [0.2, 0.25) is 5.02 Å². The van der Waals surface area contributed by atoms with Crippen LogP contribution in [0.3, 0.4) is 0 Å². The van der Waals surface area contributed by atoms with Crippen LogP contribution in [0.25, 0.3) is 0 Å². The van der Waals surface area contributed by atoms with Gasteiger partial charge in [-0.1, -0.05) is 25.4 Å². The van der Waals surface area contributed by atoms with Crippen molar-refractivity contribution in [2.24, 2.45) is 0 Å². The van der Waals surface area contributed by atoms with Crippen LogP contribution < -0.4 is 5.32 Å². The van der Waals surface area contributed by atoms with Gasteiger partial charge in [0.2, 0.25) is 0 Å². The normalized spacial score (nSPS) is 28.9. The molecule has 0 saturated carbocycles. The molecule has 1 saturated heterocycles. The van der Waals surface area contributed by atoms with E-state index >= 15 is 0 Å². The first-order chi connectivity index (χ1) is 9.45. The quantitative estimate of drug-likeness (QED) is 0.901. The van der Waals surface area contributed by atoms with Crippen LogP contribution in [0.15, 0.2) is 6.20 Å². The molecule has 4 atom stereocenters. The molecule has 1 fully saturated rings. The minimum absolute atomic E-state index is 0.250. The van der Waals surface area contributed by atoms with E-state index in [4.69, 9.17) is 11.6 Å². The minimum atomic E-state index is 0.250. The number of nitrogens with zero attached hydrogens (tertiary/aromatic N) is 2. The van der Waals surface area contributed by atoms with E-state index in [-0.39, 0.29) is 6.04 Å².